The molecule has 2 heterocycles. The van der Waals surface area contributed by atoms with Gasteiger partial charge in [0.25, 0.3) is 0 Å². The summed E-state index contributed by atoms with van der Waals surface area (Å²) in [5.74, 6) is 1.59. The Morgan fingerprint density at radius 1 is 0.970 bits per heavy atom. The maximum absolute atomic E-state index is 13.2. The minimum absolute atomic E-state index is 0. The lowest BCUT2D eigenvalue weighted by molar-refractivity contribution is -0.137. The second-order valence-corrected chi connectivity index (χ2v) is 8.39. The molecule has 8 heteroatoms. The smallest absolute Gasteiger partial charge is 0.246 e. The lowest BCUT2D eigenvalue weighted by atomic mass is 9.76. The van der Waals surface area contributed by atoms with Crippen LogP contribution >= 0.6 is 12.4 Å². The van der Waals surface area contributed by atoms with Crippen molar-refractivity contribution in [2.24, 2.45) is 16.9 Å². The van der Waals surface area contributed by atoms with Crippen molar-refractivity contribution in [2.45, 2.75) is 45.1 Å². The number of allylic oxidation sites excluding steroid dienone is 2. The number of aromatic nitrogens is 2. The molecule has 7 nitrogen and oxygen atoms in total. The number of aryl methyl sites for hydroxylation is 1. The van der Waals surface area contributed by atoms with Crippen LogP contribution in [0.25, 0.3) is 0 Å². The van der Waals surface area contributed by atoms with E-state index in [2.05, 4.69) is 21.7 Å². The topological polar surface area (TPSA) is 69.0 Å². The summed E-state index contributed by atoms with van der Waals surface area (Å²) in [6.07, 6.45) is 15.8. The zero-order valence-corrected chi connectivity index (χ0v) is 20.2. The lowest BCUT2D eigenvalue weighted by Crippen LogP contribution is -2.45. The zero-order chi connectivity index (χ0) is 22.3. The first-order chi connectivity index (χ1) is 15.7. The van der Waals surface area contributed by atoms with Gasteiger partial charge in [-0.3, -0.25) is 4.79 Å². The third-order valence-corrected chi connectivity index (χ3v) is 6.36. The second kappa shape index (κ2) is 11.9. The third kappa shape index (κ3) is 5.77. The molecule has 0 saturated heterocycles. The van der Waals surface area contributed by atoms with E-state index >= 15 is 0 Å². The zero-order valence-electron chi connectivity index (χ0n) is 19.4. The summed E-state index contributed by atoms with van der Waals surface area (Å²) in [6, 6.07) is 5.89. The molecule has 0 N–H and O–H groups in total. The van der Waals surface area contributed by atoms with Crippen LogP contribution in [0.1, 0.15) is 44.1 Å². The van der Waals surface area contributed by atoms with Gasteiger partial charge in [-0.2, -0.15) is 5.10 Å². The highest BCUT2D eigenvalue weighted by Crippen LogP contribution is 2.37. The number of methoxy groups -OCH3 is 2. The Kier molecular flexibility index (Phi) is 8.95. The Bertz CT molecular complexity index is 974. The standard InChI is InChI=1S/C25H32N4O3.ClH/c1-31-22-12-11-19(17-23(22)32-2)24-20-9-5-6-10-21(20)25(30)29(27-24)15-8-4-3-7-14-28-16-13-26-18-28;/h5-6,11-13,16-18,20-21H,3-4,7-10,14-15H2,1-2H3;1H. The monoisotopic (exact) mass is 472 g/mol. The summed E-state index contributed by atoms with van der Waals surface area (Å²) in [5, 5.41) is 6.58. The first kappa shape index (κ1) is 24.8. The van der Waals surface area contributed by atoms with Gasteiger partial charge < -0.3 is 14.0 Å². The first-order valence-corrected chi connectivity index (χ1v) is 11.4. The van der Waals surface area contributed by atoms with Gasteiger partial charge in [-0.1, -0.05) is 25.0 Å². The van der Waals surface area contributed by atoms with Crippen LogP contribution in [0.3, 0.4) is 0 Å². The predicted molar refractivity (Wildman–Crippen MR) is 131 cm³/mol. The molecule has 0 radical (unpaired) electrons. The van der Waals surface area contributed by atoms with Crippen LogP contribution in [0, 0.1) is 11.8 Å². The number of hydrazone groups is 1. The van der Waals surface area contributed by atoms with Crippen molar-refractivity contribution in [3.63, 3.8) is 0 Å². The fourth-order valence-corrected chi connectivity index (χ4v) is 4.59. The normalized spacial score (nSPS) is 19.5. The Morgan fingerprint density at radius 2 is 1.70 bits per heavy atom. The Hall–Kier alpha value is -2.80. The van der Waals surface area contributed by atoms with Crippen molar-refractivity contribution in [3.05, 3.63) is 54.6 Å². The Balaban J connectivity index is 0.00000306. The predicted octanol–water partition coefficient (Wildman–Crippen LogP) is 4.71. The van der Waals surface area contributed by atoms with E-state index in [1.54, 1.807) is 19.2 Å². The summed E-state index contributed by atoms with van der Waals surface area (Å²) >= 11 is 0. The molecule has 1 aliphatic carbocycles. The van der Waals surface area contributed by atoms with E-state index in [0.29, 0.717) is 18.0 Å². The number of ether oxygens (including phenoxy) is 2. The van der Waals surface area contributed by atoms with Crippen molar-refractivity contribution >= 4 is 24.0 Å². The van der Waals surface area contributed by atoms with Crippen LogP contribution in [-0.4, -0.2) is 46.9 Å². The summed E-state index contributed by atoms with van der Waals surface area (Å²) in [6.45, 7) is 1.65. The number of carbonyl (C=O) groups is 1. The van der Waals surface area contributed by atoms with Crippen LogP contribution in [0.15, 0.2) is 54.2 Å². The summed E-state index contributed by atoms with van der Waals surface area (Å²) < 4.78 is 13.0. The summed E-state index contributed by atoms with van der Waals surface area (Å²) in [7, 11) is 3.27. The molecule has 2 atom stereocenters. The largest absolute Gasteiger partial charge is 0.493 e. The van der Waals surface area contributed by atoms with Crippen LogP contribution < -0.4 is 9.47 Å². The van der Waals surface area contributed by atoms with Gasteiger partial charge in [0.05, 0.1) is 32.2 Å². The van der Waals surface area contributed by atoms with Gasteiger partial charge in [-0.05, 0) is 43.9 Å². The number of imidazole rings is 1. The van der Waals surface area contributed by atoms with Gasteiger partial charge >= 0.3 is 0 Å². The van der Waals surface area contributed by atoms with Crippen molar-refractivity contribution in [3.8, 4) is 11.5 Å². The minimum Gasteiger partial charge on any atom is -0.493 e. The lowest BCUT2D eigenvalue weighted by Gasteiger charge is -2.37. The number of unbranched alkanes of at least 4 members (excludes halogenated alkanes) is 3. The van der Waals surface area contributed by atoms with Crippen LogP contribution in [0.5, 0.6) is 11.5 Å². The molecular formula is C25H33ClN4O3. The van der Waals surface area contributed by atoms with Crippen molar-refractivity contribution in [1.29, 1.82) is 0 Å². The number of halogens is 1. The molecule has 2 unspecified atom stereocenters. The molecule has 0 fully saturated rings. The average molecular weight is 473 g/mol. The van der Waals surface area contributed by atoms with Crippen molar-refractivity contribution in [2.75, 3.05) is 20.8 Å². The number of rotatable bonds is 10. The maximum atomic E-state index is 13.2. The van der Waals surface area contributed by atoms with E-state index in [-0.39, 0.29) is 30.2 Å². The molecule has 4 rings (SSSR count). The van der Waals surface area contributed by atoms with E-state index < -0.39 is 0 Å². The molecule has 2 aromatic rings. The number of benzene rings is 1. The number of hydrogen-bond acceptors (Lipinski definition) is 5. The fraction of sp³-hybridized carbons (Fsp3) is 0.480. The van der Waals surface area contributed by atoms with Gasteiger partial charge in [-0.25, -0.2) is 9.99 Å². The third-order valence-electron chi connectivity index (χ3n) is 6.36. The van der Waals surface area contributed by atoms with E-state index in [0.717, 1.165) is 56.3 Å². The number of nitrogens with zero attached hydrogens (tertiary/aromatic N) is 4. The van der Waals surface area contributed by atoms with Gasteiger partial charge in [0.15, 0.2) is 11.5 Å². The van der Waals surface area contributed by atoms with Crippen molar-refractivity contribution < 1.29 is 14.3 Å². The van der Waals surface area contributed by atoms with Crippen molar-refractivity contribution in [1.82, 2.24) is 14.6 Å². The van der Waals surface area contributed by atoms with Gasteiger partial charge in [0.1, 0.15) is 0 Å². The van der Waals surface area contributed by atoms with E-state index in [1.165, 1.54) is 0 Å². The quantitative estimate of drug-likeness (QED) is 0.371. The minimum atomic E-state index is -0.0400. The fourth-order valence-electron chi connectivity index (χ4n) is 4.59. The van der Waals surface area contributed by atoms with E-state index in [4.69, 9.17) is 14.6 Å². The van der Waals surface area contributed by atoms with Gasteiger partial charge in [-0.15, -0.1) is 12.4 Å². The molecule has 1 aromatic carbocycles. The van der Waals surface area contributed by atoms with Gasteiger partial charge in [0, 0.05) is 37.0 Å². The highest BCUT2D eigenvalue weighted by atomic mass is 35.5. The molecule has 33 heavy (non-hydrogen) atoms. The Labute approximate surface area is 201 Å². The first-order valence-electron chi connectivity index (χ1n) is 11.4. The van der Waals surface area contributed by atoms with E-state index in [1.807, 2.05) is 36.9 Å². The number of amides is 1. The molecule has 1 amide bonds. The second-order valence-electron chi connectivity index (χ2n) is 8.39. The van der Waals surface area contributed by atoms with Gasteiger partial charge in [0.2, 0.25) is 5.91 Å². The highest BCUT2D eigenvalue weighted by Gasteiger charge is 2.39. The van der Waals surface area contributed by atoms with Crippen LogP contribution in [-0.2, 0) is 11.3 Å². The summed E-state index contributed by atoms with van der Waals surface area (Å²) in [5.41, 5.74) is 1.96. The molecule has 0 saturated carbocycles. The molecule has 0 bridgehead atoms. The maximum Gasteiger partial charge on any atom is 0.246 e. The number of fused-ring (bicyclic) bond motifs is 1. The number of hydrogen-bond donors (Lipinski definition) is 0. The molecule has 2 aliphatic rings. The SMILES string of the molecule is COc1ccc(C2=NN(CCCCCCn3ccnc3)C(=O)C3CC=CCC23)cc1OC.Cl. The number of carbonyl (C=O) groups excluding carboxylic acids is 1. The van der Waals surface area contributed by atoms with E-state index in [9.17, 15) is 4.79 Å². The molecule has 1 aliphatic heterocycles. The average Bonchev–Trinajstić information content (AvgIpc) is 3.36. The highest BCUT2D eigenvalue weighted by molar-refractivity contribution is 6.07. The molecular weight excluding hydrogens is 440 g/mol. The molecule has 1 aromatic heterocycles. The molecule has 0 spiro atoms. The van der Waals surface area contributed by atoms with Crippen LogP contribution in [0.4, 0.5) is 0 Å². The Morgan fingerprint density at radius 3 is 2.39 bits per heavy atom. The van der Waals surface area contributed by atoms with Crippen LogP contribution in [0.2, 0.25) is 0 Å². The summed E-state index contributed by atoms with van der Waals surface area (Å²) in [4.78, 5) is 17.2. The molecule has 178 valence electrons.